The van der Waals surface area contributed by atoms with Gasteiger partial charge in [-0.2, -0.15) is 0 Å². The van der Waals surface area contributed by atoms with Crippen LogP contribution in [-0.4, -0.2) is 24.4 Å². The van der Waals surface area contributed by atoms with Crippen LogP contribution < -0.4 is 5.32 Å². The van der Waals surface area contributed by atoms with Crippen molar-refractivity contribution in [3.63, 3.8) is 0 Å². The minimum absolute atomic E-state index is 0.0427. The van der Waals surface area contributed by atoms with Gasteiger partial charge in [-0.05, 0) is 17.7 Å². The molecular weight excluding hydrogens is 286 g/mol. The predicted molar refractivity (Wildman–Crippen MR) is 82.4 cm³/mol. The van der Waals surface area contributed by atoms with Crippen molar-refractivity contribution in [1.29, 1.82) is 0 Å². The summed E-state index contributed by atoms with van der Waals surface area (Å²) in [5, 5.41) is 2.80. The number of carbonyl (C=O) groups is 1. The van der Waals surface area contributed by atoms with Crippen molar-refractivity contribution < 1.29 is 13.6 Å². The van der Waals surface area contributed by atoms with Gasteiger partial charge in [-0.25, -0.2) is 8.78 Å². The van der Waals surface area contributed by atoms with Crippen LogP contribution in [0.25, 0.3) is 0 Å². The van der Waals surface area contributed by atoms with Gasteiger partial charge >= 0.3 is 0 Å². The molecule has 2 rings (SSSR count). The van der Waals surface area contributed by atoms with Crippen molar-refractivity contribution in [2.45, 2.75) is 13.0 Å². The molecule has 1 N–H and O–H groups in total. The molecule has 0 bridgehead atoms. The Morgan fingerprint density at radius 1 is 1.14 bits per heavy atom. The third kappa shape index (κ3) is 4.55. The van der Waals surface area contributed by atoms with Gasteiger partial charge in [-0.15, -0.1) is 0 Å². The van der Waals surface area contributed by atoms with Crippen LogP contribution in [0, 0.1) is 11.6 Å². The van der Waals surface area contributed by atoms with Crippen molar-refractivity contribution in [3.05, 3.63) is 65.7 Å². The number of nitrogens with zero attached hydrogens (tertiary/aromatic N) is 1. The van der Waals surface area contributed by atoms with Crippen molar-refractivity contribution in [2.75, 3.05) is 18.9 Å². The molecule has 0 saturated heterocycles. The topological polar surface area (TPSA) is 32.3 Å². The van der Waals surface area contributed by atoms with E-state index in [0.29, 0.717) is 13.1 Å². The quantitative estimate of drug-likeness (QED) is 0.887. The first kappa shape index (κ1) is 15.9. The number of hydrogen-bond acceptors (Lipinski definition) is 2. The molecule has 0 aliphatic rings. The van der Waals surface area contributed by atoms with E-state index in [1.807, 2.05) is 30.3 Å². The highest BCUT2D eigenvalue weighted by Gasteiger charge is 2.09. The number of anilines is 1. The molecule has 2 aromatic rings. The molecule has 0 spiro atoms. The Kier molecular flexibility index (Phi) is 5.47. The van der Waals surface area contributed by atoms with Gasteiger partial charge in [0.15, 0.2) is 0 Å². The van der Waals surface area contributed by atoms with E-state index in [0.717, 1.165) is 11.6 Å². The van der Waals surface area contributed by atoms with Gasteiger partial charge in [0.05, 0.1) is 5.69 Å². The predicted octanol–water partition coefficient (Wildman–Crippen LogP) is 3.43. The SMILES string of the molecule is CN(Cc1ccccc1)C(=O)CCNc1ccc(F)cc1F. The highest BCUT2D eigenvalue weighted by molar-refractivity contribution is 5.76. The fraction of sp³-hybridized carbons (Fsp3) is 0.235. The van der Waals surface area contributed by atoms with Crippen molar-refractivity contribution in [2.24, 2.45) is 0 Å². The second-order valence-electron chi connectivity index (χ2n) is 5.04. The summed E-state index contributed by atoms with van der Waals surface area (Å²) >= 11 is 0. The normalized spacial score (nSPS) is 10.3. The lowest BCUT2D eigenvalue weighted by molar-refractivity contribution is -0.130. The number of hydrogen-bond donors (Lipinski definition) is 1. The van der Waals surface area contributed by atoms with Crippen molar-refractivity contribution in [3.8, 4) is 0 Å². The molecule has 0 aliphatic carbocycles. The summed E-state index contributed by atoms with van der Waals surface area (Å²) in [6.07, 6.45) is 0.236. The maximum absolute atomic E-state index is 13.4. The van der Waals surface area contributed by atoms with Crippen LogP contribution in [0.5, 0.6) is 0 Å². The first-order valence-electron chi connectivity index (χ1n) is 7.03. The molecule has 0 saturated carbocycles. The van der Waals surface area contributed by atoms with E-state index < -0.39 is 11.6 Å². The molecule has 0 heterocycles. The average molecular weight is 304 g/mol. The van der Waals surface area contributed by atoms with Crippen LogP contribution in [-0.2, 0) is 11.3 Å². The van der Waals surface area contributed by atoms with E-state index in [1.165, 1.54) is 12.1 Å². The fourth-order valence-electron chi connectivity index (χ4n) is 2.07. The Morgan fingerprint density at radius 2 is 1.86 bits per heavy atom. The zero-order chi connectivity index (χ0) is 15.9. The highest BCUT2D eigenvalue weighted by atomic mass is 19.1. The maximum Gasteiger partial charge on any atom is 0.224 e. The first-order chi connectivity index (χ1) is 10.6. The summed E-state index contributed by atoms with van der Waals surface area (Å²) < 4.78 is 26.2. The summed E-state index contributed by atoms with van der Waals surface area (Å²) in [5.74, 6) is -1.33. The van der Waals surface area contributed by atoms with E-state index in [9.17, 15) is 13.6 Å². The van der Waals surface area contributed by atoms with Gasteiger partial charge in [0.2, 0.25) is 5.91 Å². The lowest BCUT2D eigenvalue weighted by Crippen LogP contribution is -2.27. The van der Waals surface area contributed by atoms with Crippen molar-refractivity contribution >= 4 is 11.6 Å². The number of halogens is 2. The van der Waals surface area contributed by atoms with Crippen LogP contribution in [0.15, 0.2) is 48.5 Å². The number of amides is 1. The van der Waals surface area contributed by atoms with Crippen LogP contribution in [0.3, 0.4) is 0 Å². The maximum atomic E-state index is 13.4. The Balaban J connectivity index is 1.80. The number of benzene rings is 2. The molecule has 116 valence electrons. The third-order valence-electron chi connectivity index (χ3n) is 3.27. The summed E-state index contributed by atoms with van der Waals surface area (Å²) in [4.78, 5) is 13.6. The van der Waals surface area contributed by atoms with Crippen LogP contribution in [0.4, 0.5) is 14.5 Å². The molecular formula is C17H18F2N2O. The monoisotopic (exact) mass is 304 g/mol. The summed E-state index contributed by atoms with van der Waals surface area (Å²) in [6.45, 7) is 0.825. The molecule has 0 aromatic heterocycles. The van der Waals surface area contributed by atoms with E-state index in [1.54, 1.807) is 11.9 Å². The molecule has 22 heavy (non-hydrogen) atoms. The van der Waals surface area contributed by atoms with Gasteiger partial charge in [-0.1, -0.05) is 30.3 Å². The second kappa shape index (κ2) is 7.54. The Hall–Kier alpha value is -2.43. The van der Waals surface area contributed by atoms with Crippen LogP contribution in [0.1, 0.15) is 12.0 Å². The van der Waals surface area contributed by atoms with Gasteiger partial charge in [0.1, 0.15) is 11.6 Å². The Bertz CT molecular complexity index is 632. The van der Waals surface area contributed by atoms with E-state index in [2.05, 4.69) is 5.32 Å². The molecule has 2 aromatic carbocycles. The molecule has 0 unspecified atom stereocenters. The molecule has 3 nitrogen and oxygen atoms in total. The Labute approximate surface area is 128 Å². The molecule has 0 radical (unpaired) electrons. The van der Waals surface area contributed by atoms with Gasteiger partial charge in [0.25, 0.3) is 0 Å². The zero-order valence-corrected chi connectivity index (χ0v) is 12.4. The molecule has 0 fully saturated rings. The van der Waals surface area contributed by atoms with Gasteiger partial charge in [0, 0.05) is 32.6 Å². The van der Waals surface area contributed by atoms with Crippen LogP contribution in [0.2, 0.25) is 0 Å². The second-order valence-corrected chi connectivity index (χ2v) is 5.04. The Morgan fingerprint density at radius 3 is 2.55 bits per heavy atom. The minimum Gasteiger partial charge on any atom is -0.382 e. The number of nitrogens with one attached hydrogen (secondary N) is 1. The van der Waals surface area contributed by atoms with Crippen molar-refractivity contribution in [1.82, 2.24) is 4.90 Å². The smallest absolute Gasteiger partial charge is 0.224 e. The third-order valence-corrected chi connectivity index (χ3v) is 3.27. The largest absolute Gasteiger partial charge is 0.382 e. The van der Waals surface area contributed by atoms with E-state index in [-0.39, 0.29) is 18.0 Å². The van der Waals surface area contributed by atoms with Crippen LogP contribution >= 0.6 is 0 Å². The molecule has 5 heteroatoms. The molecule has 0 aliphatic heterocycles. The van der Waals surface area contributed by atoms with Gasteiger partial charge < -0.3 is 10.2 Å². The highest BCUT2D eigenvalue weighted by Crippen LogP contribution is 2.14. The average Bonchev–Trinajstić information content (AvgIpc) is 2.50. The number of rotatable bonds is 6. The fourth-order valence-corrected chi connectivity index (χ4v) is 2.07. The first-order valence-corrected chi connectivity index (χ1v) is 7.03. The summed E-state index contributed by atoms with van der Waals surface area (Å²) in [6, 6.07) is 13.0. The van der Waals surface area contributed by atoms with E-state index in [4.69, 9.17) is 0 Å². The van der Waals surface area contributed by atoms with E-state index >= 15 is 0 Å². The number of carbonyl (C=O) groups excluding carboxylic acids is 1. The standard InChI is InChI=1S/C17H18F2N2O/c1-21(12-13-5-3-2-4-6-13)17(22)9-10-20-16-8-7-14(18)11-15(16)19/h2-8,11,20H,9-10,12H2,1H3. The zero-order valence-electron chi connectivity index (χ0n) is 12.4. The lowest BCUT2D eigenvalue weighted by atomic mass is 10.2. The summed E-state index contributed by atoms with van der Waals surface area (Å²) in [5.41, 5.74) is 1.25. The molecule has 0 atom stereocenters. The lowest BCUT2D eigenvalue weighted by Gasteiger charge is -2.17. The van der Waals surface area contributed by atoms with Gasteiger partial charge in [-0.3, -0.25) is 4.79 Å². The molecule has 1 amide bonds. The minimum atomic E-state index is -0.662. The summed E-state index contributed by atoms with van der Waals surface area (Å²) in [7, 11) is 1.73.